The second-order valence-corrected chi connectivity index (χ2v) is 9.59. The van der Waals surface area contributed by atoms with Crippen molar-refractivity contribution in [2.24, 2.45) is 5.92 Å². The Morgan fingerprint density at radius 1 is 1.27 bits per heavy atom. The SMILES string of the molecule is CCc1ccc(S(=O)(=O)N2CCC(C(=O)Nc3cccc(F)c3)CC2)s1. The van der Waals surface area contributed by atoms with Crippen LogP contribution in [0.2, 0.25) is 0 Å². The largest absolute Gasteiger partial charge is 0.326 e. The number of piperidine rings is 1. The quantitative estimate of drug-likeness (QED) is 0.841. The second-order valence-electron chi connectivity index (χ2n) is 6.25. The number of halogens is 1. The van der Waals surface area contributed by atoms with Gasteiger partial charge in [0.25, 0.3) is 10.0 Å². The van der Waals surface area contributed by atoms with Gasteiger partial charge in [-0.05, 0) is 49.6 Å². The summed E-state index contributed by atoms with van der Waals surface area (Å²) < 4.78 is 40.4. The van der Waals surface area contributed by atoms with Crippen LogP contribution in [-0.4, -0.2) is 31.7 Å². The van der Waals surface area contributed by atoms with Gasteiger partial charge < -0.3 is 5.32 Å². The summed E-state index contributed by atoms with van der Waals surface area (Å²) in [6.45, 7) is 2.61. The molecular weight excluding hydrogens is 375 g/mol. The Labute approximate surface area is 156 Å². The van der Waals surface area contributed by atoms with E-state index in [-0.39, 0.29) is 11.8 Å². The molecule has 1 saturated heterocycles. The number of thiophene rings is 1. The van der Waals surface area contributed by atoms with Gasteiger partial charge >= 0.3 is 0 Å². The molecule has 1 aromatic carbocycles. The van der Waals surface area contributed by atoms with Crippen molar-refractivity contribution in [3.63, 3.8) is 0 Å². The highest BCUT2D eigenvalue weighted by Crippen LogP contribution is 2.29. The number of benzene rings is 1. The maximum Gasteiger partial charge on any atom is 0.252 e. The molecule has 0 spiro atoms. The Bertz CT molecular complexity index is 887. The van der Waals surface area contributed by atoms with Crippen LogP contribution in [0, 0.1) is 11.7 Å². The molecule has 1 amide bonds. The van der Waals surface area contributed by atoms with Gasteiger partial charge in [-0.3, -0.25) is 4.79 Å². The molecule has 0 saturated carbocycles. The smallest absolute Gasteiger partial charge is 0.252 e. The van der Waals surface area contributed by atoms with E-state index < -0.39 is 15.8 Å². The van der Waals surface area contributed by atoms with Crippen LogP contribution in [0.3, 0.4) is 0 Å². The summed E-state index contributed by atoms with van der Waals surface area (Å²) in [6.07, 6.45) is 1.71. The summed E-state index contributed by atoms with van der Waals surface area (Å²) in [5.74, 6) is -0.887. The number of sulfonamides is 1. The topological polar surface area (TPSA) is 66.5 Å². The molecule has 26 heavy (non-hydrogen) atoms. The minimum Gasteiger partial charge on any atom is -0.326 e. The number of hydrogen-bond donors (Lipinski definition) is 1. The van der Waals surface area contributed by atoms with Crippen LogP contribution in [0.15, 0.2) is 40.6 Å². The van der Waals surface area contributed by atoms with Gasteiger partial charge in [0.1, 0.15) is 10.0 Å². The summed E-state index contributed by atoms with van der Waals surface area (Å²) in [5.41, 5.74) is 0.413. The molecule has 1 fully saturated rings. The number of nitrogens with one attached hydrogen (secondary N) is 1. The van der Waals surface area contributed by atoms with Crippen molar-refractivity contribution in [2.45, 2.75) is 30.4 Å². The zero-order valence-electron chi connectivity index (χ0n) is 14.4. The minimum absolute atomic E-state index is 0.197. The predicted octanol–water partition coefficient (Wildman–Crippen LogP) is 3.49. The third-order valence-electron chi connectivity index (χ3n) is 4.50. The molecule has 3 rings (SSSR count). The third-order valence-corrected chi connectivity index (χ3v) is 8.09. The molecule has 0 bridgehead atoms. The second kappa shape index (κ2) is 7.85. The van der Waals surface area contributed by atoms with Gasteiger partial charge in [-0.1, -0.05) is 13.0 Å². The molecule has 0 unspecified atom stereocenters. The van der Waals surface area contributed by atoms with Crippen LogP contribution in [-0.2, 0) is 21.2 Å². The average molecular weight is 397 g/mol. The van der Waals surface area contributed by atoms with Gasteiger partial charge in [0.15, 0.2) is 0 Å². The molecule has 2 aromatic rings. The van der Waals surface area contributed by atoms with Crippen molar-refractivity contribution in [1.82, 2.24) is 4.31 Å². The monoisotopic (exact) mass is 396 g/mol. The van der Waals surface area contributed by atoms with Crippen LogP contribution >= 0.6 is 11.3 Å². The maximum atomic E-state index is 13.2. The molecular formula is C18H21FN2O3S2. The Balaban J connectivity index is 1.60. The van der Waals surface area contributed by atoms with Gasteiger partial charge in [0.05, 0.1) is 0 Å². The van der Waals surface area contributed by atoms with E-state index in [1.807, 2.05) is 13.0 Å². The highest BCUT2D eigenvalue weighted by molar-refractivity contribution is 7.91. The molecule has 0 atom stereocenters. The van der Waals surface area contributed by atoms with Gasteiger partial charge in [-0.25, -0.2) is 12.8 Å². The number of nitrogens with zero attached hydrogens (tertiary/aromatic N) is 1. The van der Waals surface area contributed by atoms with Crippen molar-refractivity contribution < 1.29 is 17.6 Å². The Hall–Kier alpha value is -1.77. The van der Waals surface area contributed by atoms with E-state index in [0.29, 0.717) is 35.8 Å². The number of carbonyl (C=O) groups excluding carboxylic acids is 1. The number of hydrogen-bond acceptors (Lipinski definition) is 4. The first-order valence-corrected chi connectivity index (χ1v) is 10.8. The van der Waals surface area contributed by atoms with E-state index in [4.69, 9.17) is 0 Å². The van der Waals surface area contributed by atoms with Crippen LogP contribution < -0.4 is 5.32 Å². The summed E-state index contributed by atoms with van der Waals surface area (Å²) >= 11 is 1.30. The molecule has 8 heteroatoms. The lowest BCUT2D eigenvalue weighted by Crippen LogP contribution is -2.41. The van der Waals surface area contributed by atoms with Crippen molar-refractivity contribution in [3.8, 4) is 0 Å². The van der Waals surface area contributed by atoms with Gasteiger partial charge in [0, 0.05) is 29.6 Å². The van der Waals surface area contributed by atoms with E-state index in [1.54, 1.807) is 12.1 Å². The molecule has 0 radical (unpaired) electrons. The Morgan fingerprint density at radius 2 is 2.00 bits per heavy atom. The van der Waals surface area contributed by atoms with Crippen molar-refractivity contribution in [2.75, 3.05) is 18.4 Å². The van der Waals surface area contributed by atoms with Gasteiger partial charge in [-0.15, -0.1) is 11.3 Å². The van der Waals surface area contributed by atoms with E-state index in [9.17, 15) is 17.6 Å². The molecule has 5 nitrogen and oxygen atoms in total. The average Bonchev–Trinajstić information content (AvgIpc) is 3.12. The summed E-state index contributed by atoms with van der Waals surface area (Å²) in [4.78, 5) is 13.4. The zero-order valence-corrected chi connectivity index (χ0v) is 16.1. The van der Waals surface area contributed by atoms with Gasteiger partial charge in [-0.2, -0.15) is 4.31 Å². The first-order chi connectivity index (χ1) is 12.4. The first kappa shape index (κ1) is 19.0. The highest BCUT2D eigenvalue weighted by Gasteiger charge is 2.32. The molecule has 1 aliphatic rings. The van der Waals surface area contributed by atoms with Gasteiger partial charge in [0.2, 0.25) is 5.91 Å². The molecule has 1 N–H and O–H groups in total. The van der Waals surface area contributed by atoms with E-state index in [1.165, 1.54) is 33.8 Å². The molecule has 140 valence electrons. The predicted molar refractivity (Wildman–Crippen MR) is 100 cm³/mol. The van der Waals surface area contributed by atoms with Crippen LogP contribution in [0.5, 0.6) is 0 Å². The molecule has 2 heterocycles. The minimum atomic E-state index is -3.49. The number of anilines is 1. The summed E-state index contributed by atoms with van der Waals surface area (Å²) in [5, 5.41) is 2.70. The van der Waals surface area contributed by atoms with E-state index in [0.717, 1.165) is 11.3 Å². The number of carbonyl (C=O) groups is 1. The molecule has 1 aromatic heterocycles. The Morgan fingerprint density at radius 3 is 2.62 bits per heavy atom. The fourth-order valence-electron chi connectivity index (χ4n) is 2.98. The van der Waals surface area contributed by atoms with Crippen LogP contribution in [0.4, 0.5) is 10.1 Å². The molecule has 1 aliphatic heterocycles. The lowest BCUT2D eigenvalue weighted by atomic mass is 9.97. The van der Waals surface area contributed by atoms with Crippen LogP contribution in [0.25, 0.3) is 0 Å². The van der Waals surface area contributed by atoms with E-state index in [2.05, 4.69) is 5.32 Å². The number of rotatable bonds is 5. The third kappa shape index (κ3) is 4.13. The number of aryl methyl sites for hydroxylation is 1. The Kier molecular flexibility index (Phi) is 5.74. The summed E-state index contributed by atoms with van der Waals surface area (Å²) in [7, 11) is -3.49. The lowest BCUT2D eigenvalue weighted by Gasteiger charge is -2.30. The van der Waals surface area contributed by atoms with Crippen molar-refractivity contribution in [3.05, 3.63) is 47.1 Å². The van der Waals surface area contributed by atoms with Crippen LogP contribution in [0.1, 0.15) is 24.6 Å². The zero-order chi connectivity index (χ0) is 18.7. The van der Waals surface area contributed by atoms with Crippen molar-refractivity contribution in [1.29, 1.82) is 0 Å². The van der Waals surface area contributed by atoms with E-state index >= 15 is 0 Å². The summed E-state index contributed by atoms with van der Waals surface area (Å²) in [6, 6.07) is 9.24. The van der Waals surface area contributed by atoms with Crippen molar-refractivity contribution >= 4 is 33.0 Å². The first-order valence-electron chi connectivity index (χ1n) is 8.55. The molecule has 0 aliphatic carbocycles. The lowest BCUT2D eigenvalue weighted by molar-refractivity contribution is -0.120. The number of amides is 1. The standard InChI is InChI=1S/C18H21FN2O3S2/c1-2-16-6-7-17(25-16)26(23,24)21-10-8-13(9-11-21)18(22)20-15-5-3-4-14(19)12-15/h3-7,12-13H,2,8-11H2,1H3,(H,20,22). The highest BCUT2D eigenvalue weighted by atomic mass is 32.2. The normalized spacial score (nSPS) is 16.5. The fourth-order valence-corrected chi connectivity index (χ4v) is 5.90. The fraction of sp³-hybridized carbons (Fsp3) is 0.389. The maximum absolute atomic E-state index is 13.2.